The third-order valence-corrected chi connectivity index (χ3v) is 3.83. The van der Waals surface area contributed by atoms with Gasteiger partial charge in [0, 0.05) is 12.7 Å². The van der Waals surface area contributed by atoms with E-state index in [-0.39, 0.29) is 12.1 Å². The number of likely N-dealkylation sites (tertiary alicyclic amines) is 1. The Labute approximate surface area is 133 Å². The number of hydrogen-bond donors (Lipinski definition) is 0. The van der Waals surface area contributed by atoms with E-state index < -0.39 is 5.60 Å². The fourth-order valence-electron chi connectivity index (χ4n) is 2.23. The SMILES string of the molecule is CC(C)(C)OC(=O)N1CCC[C@@H]1COc1cnccc1Br. The molecule has 0 bridgehead atoms. The second kappa shape index (κ2) is 6.64. The first kappa shape index (κ1) is 16.1. The zero-order valence-electron chi connectivity index (χ0n) is 12.6. The molecule has 0 N–H and O–H groups in total. The van der Waals surface area contributed by atoms with Crippen LogP contribution in [-0.4, -0.2) is 40.8 Å². The predicted molar refractivity (Wildman–Crippen MR) is 83.4 cm³/mol. The Morgan fingerprint density at radius 3 is 2.95 bits per heavy atom. The molecular weight excluding hydrogens is 336 g/mol. The number of carbonyl (C=O) groups is 1. The van der Waals surface area contributed by atoms with E-state index in [4.69, 9.17) is 9.47 Å². The van der Waals surface area contributed by atoms with E-state index in [9.17, 15) is 4.79 Å². The molecule has 1 atom stereocenters. The molecule has 1 fully saturated rings. The topological polar surface area (TPSA) is 51.7 Å². The quantitative estimate of drug-likeness (QED) is 0.829. The van der Waals surface area contributed by atoms with Crippen LogP contribution < -0.4 is 4.74 Å². The number of carbonyl (C=O) groups excluding carboxylic acids is 1. The third-order valence-electron chi connectivity index (χ3n) is 3.17. The van der Waals surface area contributed by atoms with E-state index in [2.05, 4.69) is 20.9 Å². The molecule has 2 heterocycles. The molecule has 1 aliphatic rings. The van der Waals surface area contributed by atoms with Crippen LogP contribution in [-0.2, 0) is 4.74 Å². The van der Waals surface area contributed by atoms with Crippen LogP contribution in [0, 0.1) is 0 Å². The van der Waals surface area contributed by atoms with Gasteiger partial charge in [0.05, 0.1) is 16.7 Å². The second-order valence-corrected chi connectivity index (χ2v) is 6.94. The first-order valence-corrected chi connectivity index (χ1v) is 7.88. The molecule has 21 heavy (non-hydrogen) atoms. The summed E-state index contributed by atoms with van der Waals surface area (Å²) in [5.74, 6) is 0.688. The van der Waals surface area contributed by atoms with Gasteiger partial charge in [-0.3, -0.25) is 4.98 Å². The summed E-state index contributed by atoms with van der Waals surface area (Å²) < 4.78 is 12.1. The summed E-state index contributed by atoms with van der Waals surface area (Å²) in [6, 6.07) is 1.88. The van der Waals surface area contributed by atoms with Gasteiger partial charge in [-0.1, -0.05) is 0 Å². The summed E-state index contributed by atoms with van der Waals surface area (Å²) in [6.45, 7) is 6.79. The fourth-order valence-corrected chi connectivity index (χ4v) is 2.56. The van der Waals surface area contributed by atoms with Crippen molar-refractivity contribution in [2.75, 3.05) is 13.2 Å². The maximum absolute atomic E-state index is 12.2. The van der Waals surface area contributed by atoms with Gasteiger partial charge in [0.15, 0.2) is 5.75 Å². The van der Waals surface area contributed by atoms with Crippen LogP contribution in [0.15, 0.2) is 22.9 Å². The summed E-state index contributed by atoms with van der Waals surface area (Å²) in [4.78, 5) is 18.0. The number of ether oxygens (including phenoxy) is 2. The van der Waals surface area contributed by atoms with E-state index >= 15 is 0 Å². The zero-order valence-corrected chi connectivity index (χ0v) is 14.2. The Morgan fingerprint density at radius 1 is 1.52 bits per heavy atom. The number of aromatic nitrogens is 1. The first-order chi connectivity index (χ1) is 9.87. The summed E-state index contributed by atoms with van der Waals surface area (Å²) in [5.41, 5.74) is -0.475. The van der Waals surface area contributed by atoms with Crippen molar-refractivity contribution in [3.63, 3.8) is 0 Å². The standard InChI is InChI=1S/C15H21BrN2O3/c1-15(2,3)21-14(19)18-8-4-5-11(18)10-20-13-9-17-7-6-12(13)16/h6-7,9,11H,4-5,8,10H2,1-3H3/t11-/m1/s1. The maximum Gasteiger partial charge on any atom is 0.410 e. The van der Waals surface area contributed by atoms with Crippen LogP contribution in [0.25, 0.3) is 0 Å². The molecule has 1 aliphatic heterocycles. The van der Waals surface area contributed by atoms with E-state index in [1.807, 2.05) is 26.8 Å². The second-order valence-electron chi connectivity index (χ2n) is 6.09. The molecule has 0 spiro atoms. The van der Waals surface area contributed by atoms with Crippen molar-refractivity contribution in [2.24, 2.45) is 0 Å². The first-order valence-electron chi connectivity index (χ1n) is 7.09. The van der Waals surface area contributed by atoms with Gasteiger partial charge in [-0.15, -0.1) is 0 Å². The lowest BCUT2D eigenvalue weighted by atomic mass is 10.2. The van der Waals surface area contributed by atoms with Gasteiger partial charge in [0.1, 0.15) is 12.2 Å². The molecule has 1 aromatic heterocycles. The zero-order chi connectivity index (χ0) is 15.5. The van der Waals surface area contributed by atoms with E-state index in [1.54, 1.807) is 17.3 Å². The lowest BCUT2D eigenvalue weighted by molar-refractivity contribution is 0.0187. The summed E-state index contributed by atoms with van der Waals surface area (Å²) in [5, 5.41) is 0. The van der Waals surface area contributed by atoms with E-state index in [0.717, 1.165) is 23.9 Å². The lowest BCUT2D eigenvalue weighted by Gasteiger charge is -2.28. The Morgan fingerprint density at radius 2 is 2.29 bits per heavy atom. The lowest BCUT2D eigenvalue weighted by Crippen LogP contribution is -2.42. The number of halogens is 1. The molecule has 5 nitrogen and oxygen atoms in total. The van der Waals surface area contributed by atoms with Crippen molar-refractivity contribution in [3.8, 4) is 5.75 Å². The summed E-state index contributed by atoms with van der Waals surface area (Å²) in [7, 11) is 0. The highest BCUT2D eigenvalue weighted by Crippen LogP contribution is 2.25. The molecular formula is C15H21BrN2O3. The summed E-state index contributed by atoms with van der Waals surface area (Å²) >= 11 is 3.42. The molecule has 0 saturated carbocycles. The van der Waals surface area contributed by atoms with Gasteiger partial charge >= 0.3 is 6.09 Å². The highest BCUT2D eigenvalue weighted by atomic mass is 79.9. The Kier molecular flexibility index (Phi) is 5.08. The number of hydrogen-bond acceptors (Lipinski definition) is 4. The predicted octanol–water partition coefficient (Wildman–Crippen LogP) is 3.62. The minimum absolute atomic E-state index is 0.0481. The van der Waals surface area contributed by atoms with Crippen LogP contribution in [0.5, 0.6) is 5.75 Å². The normalized spacial score (nSPS) is 18.7. The monoisotopic (exact) mass is 356 g/mol. The Hall–Kier alpha value is -1.30. The Bertz CT molecular complexity index is 502. The van der Waals surface area contributed by atoms with Crippen molar-refractivity contribution in [3.05, 3.63) is 22.9 Å². The van der Waals surface area contributed by atoms with Crippen LogP contribution >= 0.6 is 15.9 Å². The number of amides is 1. The van der Waals surface area contributed by atoms with Gasteiger partial charge < -0.3 is 14.4 Å². The van der Waals surface area contributed by atoms with E-state index in [0.29, 0.717) is 12.4 Å². The third kappa shape index (κ3) is 4.59. The highest BCUT2D eigenvalue weighted by Gasteiger charge is 2.32. The molecule has 0 aromatic carbocycles. The van der Waals surface area contributed by atoms with Crippen molar-refractivity contribution >= 4 is 22.0 Å². The van der Waals surface area contributed by atoms with Gasteiger partial charge in [-0.25, -0.2) is 4.79 Å². The molecule has 2 rings (SSSR count). The minimum Gasteiger partial charge on any atom is -0.489 e. The molecule has 0 aliphatic carbocycles. The number of nitrogens with zero attached hydrogens (tertiary/aromatic N) is 2. The van der Waals surface area contributed by atoms with E-state index in [1.165, 1.54) is 0 Å². The van der Waals surface area contributed by atoms with Crippen LogP contribution in [0.2, 0.25) is 0 Å². The largest absolute Gasteiger partial charge is 0.489 e. The van der Waals surface area contributed by atoms with Crippen molar-refractivity contribution in [1.29, 1.82) is 0 Å². The molecule has 1 amide bonds. The molecule has 6 heteroatoms. The van der Waals surface area contributed by atoms with Gasteiger partial charge in [-0.2, -0.15) is 0 Å². The number of pyridine rings is 1. The summed E-state index contributed by atoms with van der Waals surface area (Å²) in [6.07, 6.45) is 4.99. The van der Waals surface area contributed by atoms with Gasteiger partial charge in [0.2, 0.25) is 0 Å². The molecule has 116 valence electrons. The Balaban J connectivity index is 1.93. The van der Waals surface area contributed by atoms with Crippen molar-refractivity contribution < 1.29 is 14.3 Å². The fraction of sp³-hybridized carbons (Fsp3) is 0.600. The molecule has 1 saturated heterocycles. The van der Waals surface area contributed by atoms with Gasteiger partial charge in [-0.05, 0) is 55.6 Å². The van der Waals surface area contributed by atoms with Crippen molar-refractivity contribution in [1.82, 2.24) is 9.88 Å². The van der Waals surface area contributed by atoms with Crippen LogP contribution in [0.4, 0.5) is 4.79 Å². The van der Waals surface area contributed by atoms with Gasteiger partial charge in [0.25, 0.3) is 0 Å². The molecule has 0 radical (unpaired) electrons. The molecule has 0 unspecified atom stereocenters. The van der Waals surface area contributed by atoms with Crippen LogP contribution in [0.3, 0.4) is 0 Å². The number of rotatable bonds is 3. The maximum atomic E-state index is 12.2. The average Bonchev–Trinajstić information content (AvgIpc) is 2.84. The van der Waals surface area contributed by atoms with Crippen molar-refractivity contribution in [2.45, 2.75) is 45.3 Å². The smallest absolute Gasteiger partial charge is 0.410 e. The van der Waals surface area contributed by atoms with Crippen LogP contribution in [0.1, 0.15) is 33.6 Å². The highest BCUT2D eigenvalue weighted by molar-refractivity contribution is 9.10. The molecule has 1 aromatic rings. The average molecular weight is 357 g/mol. The minimum atomic E-state index is -0.475.